The van der Waals surface area contributed by atoms with E-state index in [1.807, 2.05) is 30.7 Å². The van der Waals surface area contributed by atoms with E-state index in [4.69, 9.17) is 0 Å². The van der Waals surface area contributed by atoms with Crippen molar-refractivity contribution in [2.24, 2.45) is 0 Å². The lowest BCUT2D eigenvalue weighted by Gasteiger charge is -2.08. The predicted octanol–water partition coefficient (Wildman–Crippen LogP) is 2.60. The molecule has 0 aliphatic carbocycles. The van der Waals surface area contributed by atoms with Crippen LogP contribution >= 0.6 is 0 Å². The minimum absolute atomic E-state index is 0.905. The van der Waals surface area contributed by atoms with Crippen LogP contribution < -0.4 is 10.6 Å². The van der Waals surface area contributed by atoms with Gasteiger partial charge < -0.3 is 15.2 Å². The van der Waals surface area contributed by atoms with E-state index in [1.165, 1.54) is 0 Å². The van der Waals surface area contributed by atoms with E-state index in [0.29, 0.717) is 0 Å². The molecule has 2 aromatic rings. The summed E-state index contributed by atoms with van der Waals surface area (Å²) in [5.41, 5.74) is 0. The normalized spacial score (nSPS) is 10.4. The maximum absolute atomic E-state index is 4.50. The van der Waals surface area contributed by atoms with Gasteiger partial charge in [0.2, 0.25) is 0 Å². The average molecular weight is 259 g/mol. The van der Waals surface area contributed by atoms with Gasteiger partial charge in [-0.05, 0) is 25.0 Å². The highest BCUT2D eigenvalue weighted by Crippen LogP contribution is 2.09. The van der Waals surface area contributed by atoms with Crippen molar-refractivity contribution in [3.8, 4) is 0 Å². The average Bonchev–Trinajstić information content (AvgIpc) is 2.95. The van der Waals surface area contributed by atoms with E-state index in [9.17, 15) is 0 Å². The van der Waals surface area contributed by atoms with Gasteiger partial charge in [0.1, 0.15) is 11.6 Å². The van der Waals surface area contributed by atoms with Gasteiger partial charge in [-0.15, -0.1) is 0 Å². The van der Waals surface area contributed by atoms with Gasteiger partial charge in [0.15, 0.2) is 0 Å². The first kappa shape index (κ1) is 13.4. The van der Waals surface area contributed by atoms with Crippen LogP contribution in [0.5, 0.6) is 0 Å². The number of nitrogens with one attached hydrogen (secondary N) is 2. The molecule has 2 N–H and O–H groups in total. The lowest BCUT2D eigenvalue weighted by Crippen LogP contribution is -2.08. The third-order valence-corrected chi connectivity index (χ3v) is 2.76. The largest absolute Gasteiger partial charge is 0.370 e. The second kappa shape index (κ2) is 7.41. The summed E-state index contributed by atoms with van der Waals surface area (Å²) in [7, 11) is 0. The summed E-state index contributed by atoms with van der Waals surface area (Å²) < 4.78 is 2.08. The van der Waals surface area contributed by atoms with Gasteiger partial charge >= 0.3 is 0 Å². The maximum atomic E-state index is 4.50. The summed E-state index contributed by atoms with van der Waals surface area (Å²) in [5.74, 6) is 1.85. The molecule has 102 valence electrons. The van der Waals surface area contributed by atoms with Gasteiger partial charge in [-0.3, -0.25) is 0 Å². The Labute approximate surface area is 114 Å². The lowest BCUT2D eigenvalue weighted by molar-refractivity contribution is 0.660. The number of hydrogen-bond donors (Lipinski definition) is 2. The highest BCUT2D eigenvalue weighted by molar-refractivity contribution is 5.44. The zero-order valence-corrected chi connectivity index (χ0v) is 11.3. The second-order valence-corrected chi connectivity index (χ2v) is 4.42. The first-order valence-corrected chi connectivity index (χ1v) is 6.79. The molecular weight excluding hydrogens is 238 g/mol. The molecular formula is C14H21N5. The molecule has 19 heavy (non-hydrogen) atoms. The van der Waals surface area contributed by atoms with E-state index in [0.717, 1.165) is 44.1 Å². The van der Waals surface area contributed by atoms with Gasteiger partial charge in [-0.1, -0.05) is 13.0 Å². The Kier molecular flexibility index (Phi) is 5.22. The fourth-order valence-electron chi connectivity index (χ4n) is 1.78. The van der Waals surface area contributed by atoms with Crippen molar-refractivity contribution in [2.45, 2.75) is 26.3 Å². The van der Waals surface area contributed by atoms with Gasteiger partial charge in [0.05, 0.1) is 6.33 Å². The molecule has 0 saturated heterocycles. The smallest absolute Gasteiger partial charge is 0.128 e. The summed E-state index contributed by atoms with van der Waals surface area (Å²) in [5, 5.41) is 6.62. The molecule has 0 unspecified atom stereocenters. The predicted molar refractivity (Wildman–Crippen MR) is 78.4 cm³/mol. The number of aryl methyl sites for hydroxylation is 1. The highest BCUT2D eigenvalue weighted by atomic mass is 15.1. The van der Waals surface area contributed by atoms with Gasteiger partial charge in [0.25, 0.3) is 0 Å². The molecule has 2 rings (SSSR count). The lowest BCUT2D eigenvalue weighted by atomic mass is 10.4. The first-order chi connectivity index (χ1) is 9.38. The van der Waals surface area contributed by atoms with Crippen molar-refractivity contribution in [1.29, 1.82) is 0 Å². The Morgan fingerprint density at radius 2 is 1.95 bits per heavy atom. The number of aromatic nitrogens is 3. The van der Waals surface area contributed by atoms with Crippen molar-refractivity contribution in [3.63, 3.8) is 0 Å². The van der Waals surface area contributed by atoms with Gasteiger partial charge in [0, 0.05) is 32.0 Å². The number of hydrogen-bond acceptors (Lipinski definition) is 4. The summed E-state index contributed by atoms with van der Waals surface area (Å²) >= 11 is 0. The fourth-order valence-corrected chi connectivity index (χ4v) is 1.78. The van der Waals surface area contributed by atoms with Gasteiger partial charge in [-0.2, -0.15) is 0 Å². The maximum Gasteiger partial charge on any atom is 0.128 e. The Morgan fingerprint density at radius 1 is 1.16 bits per heavy atom. The van der Waals surface area contributed by atoms with Crippen LogP contribution in [0.4, 0.5) is 11.6 Å². The second-order valence-electron chi connectivity index (χ2n) is 4.42. The molecule has 0 atom stereocenters. The summed E-state index contributed by atoms with van der Waals surface area (Å²) in [6, 6.07) is 6.00. The molecule has 0 fully saturated rings. The summed E-state index contributed by atoms with van der Waals surface area (Å²) in [4.78, 5) is 8.52. The molecule has 5 heteroatoms. The van der Waals surface area contributed by atoms with E-state index in [-0.39, 0.29) is 0 Å². The monoisotopic (exact) mass is 259 g/mol. The number of imidazole rings is 1. The Balaban J connectivity index is 1.73. The van der Waals surface area contributed by atoms with Crippen molar-refractivity contribution < 1.29 is 0 Å². The zero-order chi connectivity index (χ0) is 13.3. The molecule has 5 nitrogen and oxygen atoms in total. The third kappa shape index (κ3) is 4.62. The molecule has 0 amide bonds. The fraction of sp³-hybridized carbons (Fsp3) is 0.429. The molecule has 0 radical (unpaired) electrons. The van der Waals surface area contributed by atoms with Crippen molar-refractivity contribution in [3.05, 3.63) is 36.9 Å². The Hall–Kier alpha value is -2.04. The number of rotatable bonds is 8. The van der Waals surface area contributed by atoms with Crippen LogP contribution in [0.2, 0.25) is 0 Å². The van der Waals surface area contributed by atoms with Gasteiger partial charge in [-0.25, -0.2) is 9.97 Å². The van der Waals surface area contributed by atoms with Crippen LogP contribution in [0.1, 0.15) is 19.8 Å². The first-order valence-electron chi connectivity index (χ1n) is 6.79. The molecule has 0 bridgehead atoms. The molecule has 0 aromatic carbocycles. The molecule has 0 aliphatic rings. The minimum atomic E-state index is 0.905. The zero-order valence-electron chi connectivity index (χ0n) is 11.3. The molecule has 2 aromatic heterocycles. The number of anilines is 2. The summed E-state index contributed by atoms with van der Waals surface area (Å²) in [6.07, 6.45) is 7.77. The Morgan fingerprint density at radius 3 is 2.63 bits per heavy atom. The third-order valence-electron chi connectivity index (χ3n) is 2.76. The minimum Gasteiger partial charge on any atom is -0.370 e. The topological polar surface area (TPSA) is 54.8 Å². The highest BCUT2D eigenvalue weighted by Gasteiger charge is 1.96. The van der Waals surface area contributed by atoms with Crippen LogP contribution in [0.3, 0.4) is 0 Å². The van der Waals surface area contributed by atoms with E-state index >= 15 is 0 Å². The molecule has 0 spiro atoms. The van der Waals surface area contributed by atoms with Crippen LogP contribution in [0.25, 0.3) is 0 Å². The van der Waals surface area contributed by atoms with E-state index in [1.54, 1.807) is 6.20 Å². The summed E-state index contributed by atoms with van der Waals surface area (Å²) in [6.45, 7) is 4.98. The standard InChI is InChI=1S/C14H21N5/c1-2-7-16-13-5-3-6-14(18-13)17-8-4-10-19-11-9-15-12-19/h3,5-6,9,11-12H,2,4,7-8,10H2,1H3,(H2,16,17,18). The Bertz CT molecular complexity index is 466. The molecule has 2 heterocycles. The van der Waals surface area contributed by atoms with Crippen molar-refractivity contribution in [1.82, 2.24) is 14.5 Å². The van der Waals surface area contributed by atoms with Crippen LogP contribution in [-0.4, -0.2) is 27.6 Å². The number of pyridine rings is 1. The number of nitrogens with zero attached hydrogens (tertiary/aromatic N) is 3. The van der Waals surface area contributed by atoms with Crippen LogP contribution in [0.15, 0.2) is 36.9 Å². The van der Waals surface area contributed by atoms with Crippen molar-refractivity contribution in [2.75, 3.05) is 23.7 Å². The van der Waals surface area contributed by atoms with Crippen LogP contribution in [-0.2, 0) is 6.54 Å². The molecule has 0 saturated carbocycles. The quantitative estimate of drug-likeness (QED) is 0.715. The molecule has 0 aliphatic heterocycles. The SMILES string of the molecule is CCCNc1cccc(NCCCn2ccnc2)n1. The van der Waals surface area contributed by atoms with E-state index in [2.05, 4.69) is 32.1 Å². The van der Waals surface area contributed by atoms with Crippen molar-refractivity contribution >= 4 is 11.6 Å². The van der Waals surface area contributed by atoms with Crippen LogP contribution in [0, 0.1) is 0 Å². The van der Waals surface area contributed by atoms with E-state index < -0.39 is 0 Å².